The molecule has 12 heteroatoms. The monoisotopic (exact) mass is 752 g/mol. The van der Waals surface area contributed by atoms with Gasteiger partial charge in [0.15, 0.2) is 11.3 Å². The fraction of sp³-hybridized carbons (Fsp3) is 0.643. The van der Waals surface area contributed by atoms with Gasteiger partial charge in [-0.05, 0) is 39.2 Å². The number of esters is 1. The van der Waals surface area contributed by atoms with Crippen molar-refractivity contribution in [3.05, 3.63) is 63.1 Å². The summed E-state index contributed by atoms with van der Waals surface area (Å²) in [6.07, 6.45) is 20.8. The van der Waals surface area contributed by atoms with E-state index in [2.05, 4.69) is 17.4 Å². The third kappa shape index (κ3) is 10.2. The zero-order valence-corrected chi connectivity index (χ0v) is 32.4. The average molecular weight is 753 g/mol. The number of rotatable bonds is 20. The van der Waals surface area contributed by atoms with Crippen molar-refractivity contribution in [2.24, 2.45) is 5.16 Å². The number of nitrogens with zero attached hydrogens (tertiary/aromatic N) is 3. The van der Waals surface area contributed by atoms with Gasteiger partial charge in [0.1, 0.15) is 17.2 Å². The predicted molar refractivity (Wildman–Crippen MR) is 204 cm³/mol. The molecule has 3 aliphatic rings. The molecule has 0 aliphatic carbocycles. The first-order valence-electron chi connectivity index (χ1n) is 20.3. The number of unbranched alkanes of at least 4 members (excludes halogenated alkanes) is 14. The topological polar surface area (TPSA) is 119 Å². The van der Waals surface area contributed by atoms with Gasteiger partial charge >= 0.3 is 5.97 Å². The van der Waals surface area contributed by atoms with Crippen molar-refractivity contribution in [3.63, 3.8) is 0 Å². The lowest BCUT2D eigenvalue weighted by molar-refractivity contribution is -0.134. The Morgan fingerprint density at radius 1 is 0.963 bits per heavy atom. The minimum atomic E-state index is -0.919. The Hall–Kier alpha value is -4.09. The molecule has 2 amide bonds. The number of nitrogens with one attached hydrogen (secondary N) is 1. The normalized spacial score (nSPS) is 20.4. The molecule has 0 radical (unpaired) electrons. The number of amides is 2. The number of oxime groups is 1. The van der Waals surface area contributed by atoms with E-state index in [9.17, 15) is 28.0 Å². The molecular weight excluding hydrogens is 694 g/mol. The number of benzene rings is 1. The van der Waals surface area contributed by atoms with Gasteiger partial charge in [-0.2, -0.15) is 0 Å². The second-order valence-corrected chi connectivity index (χ2v) is 15.6. The minimum absolute atomic E-state index is 0.0208. The van der Waals surface area contributed by atoms with Crippen LogP contribution in [0.5, 0.6) is 5.75 Å². The second kappa shape index (κ2) is 19.5. The molecule has 1 saturated heterocycles. The zero-order chi connectivity index (χ0) is 38.7. The maximum absolute atomic E-state index is 14.4. The summed E-state index contributed by atoms with van der Waals surface area (Å²) >= 11 is 0. The number of pyridine rings is 1. The van der Waals surface area contributed by atoms with E-state index in [4.69, 9.17) is 9.57 Å². The molecule has 1 N–H and O–H groups in total. The van der Waals surface area contributed by atoms with Gasteiger partial charge in [-0.15, -0.1) is 0 Å². The first-order valence-corrected chi connectivity index (χ1v) is 20.3. The molecule has 5 rings (SSSR count). The van der Waals surface area contributed by atoms with Crippen LogP contribution in [0.2, 0.25) is 0 Å². The average Bonchev–Trinajstić information content (AvgIpc) is 3.48. The van der Waals surface area contributed by atoms with Crippen molar-refractivity contribution < 1.29 is 32.7 Å². The molecule has 4 heterocycles. The molecule has 54 heavy (non-hydrogen) atoms. The molecule has 0 saturated carbocycles. The Labute approximate surface area is 318 Å². The van der Waals surface area contributed by atoms with E-state index in [1.54, 1.807) is 9.47 Å². The van der Waals surface area contributed by atoms with Crippen molar-refractivity contribution in [2.75, 3.05) is 6.54 Å². The van der Waals surface area contributed by atoms with Crippen molar-refractivity contribution >= 4 is 23.5 Å². The van der Waals surface area contributed by atoms with Crippen molar-refractivity contribution in [1.82, 2.24) is 14.8 Å². The van der Waals surface area contributed by atoms with Gasteiger partial charge in [-0.1, -0.05) is 108 Å². The summed E-state index contributed by atoms with van der Waals surface area (Å²) in [5, 5.41) is 6.78. The molecule has 1 fully saturated rings. The molecular formula is C42H58F2N4O6. The van der Waals surface area contributed by atoms with Crippen LogP contribution < -0.4 is 15.5 Å². The van der Waals surface area contributed by atoms with E-state index in [-0.39, 0.29) is 42.4 Å². The third-order valence-corrected chi connectivity index (χ3v) is 11.3. The van der Waals surface area contributed by atoms with E-state index >= 15 is 0 Å². The van der Waals surface area contributed by atoms with Crippen molar-refractivity contribution in [3.8, 4) is 5.75 Å². The lowest BCUT2D eigenvalue weighted by Gasteiger charge is -2.42. The molecule has 1 aromatic carbocycles. The van der Waals surface area contributed by atoms with Crippen LogP contribution in [0.4, 0.5) is 8.78 Å². The van der Waals surface area contributed by atoms with Gasteiger partial charge in [0.25, 0.3) is 11.8 Å². The van der Waals surface area contributed by atoms with Gasteiger partial charge in [0.2, 0.25) is 11.2 Å². The Balaban J connectivity index is 1.25. The van der Waals surface area contributed by atoms with E-state index < -0.39 is 52.2 Å². The summed E-state index contributed by atoms with van der Waals surface area (Å²) < 4.78 is 35.2. The lowest BCUT2D eigenvalue weighted by atomic mass is 9.84. The molecule has 0 unspecified atom stereocenters. The number of hydrogen-bond acceptors (Lipinski definition) is 7. The fourth-order valence-corrected chi connectivity index (χ4v) is 8.11. The molecule has 2 aromatic rings. The number of hydrogen-bond donors (Lipinski definition) is 1. The second-order valence-electron chi connectivity index (χ2n) is 15.6. The summed E-state index contributed by atoms with van der Waals surface area (Å²) in [7, 11) is 0. The number of fused-ring (bicyclic) bond motifs is 5. The largest absolute Gasteiger partial charge is 0.420 e. The highest BCUT2D eigenvalue weighted by molar-refractivity contribution is 6.00. The van der Waals surface area contributed by atoms with Gasteiger partial charge in [0, 0.05) is 49.8 Å². The van der Waals surface area contributed by atoms with Crippen molar-refractivity contribution in [1.29, 1.82) is 0 Å². The van der Waals surface area contributed by atoms with Gasteiger partial charge in [0.05, 0.1) is 11.8 Å². The van der Waals surface area contributed by atoms with Crippen LogP contribution in [0.1, 0.15) is 175 Å². The van der Waals surface area contributed by atoms with E-state index in [0.29, 0.717) is 31.7 Å². The number of aromatic nitrogens is 1. The highest BCUT2D eigenvalue weighted by Gasteiger charge is 2.54. The van der Waals surface area contributed by atoms with Gasteiger partial charge in [-0.25, -0.2) is 8.78 Å². The molecule has 3 aliphatic heterocycles. The number of halogens is 2. The Kier molecular flexibility index (Phi) is 14.8. The van der Waals surface area contributed by atoms with E-state index in [0.717, 1.165) is 31.0 Å². The predicted octanol–water partition coefficient (Wildman–Crippen LogP) is 8.94. The van der Waals surface area contributed by atoms with Crippen LogP contribution in [-0.2, 0) is 16.2 Å². The molecule has 3 atom stereocenters. The quantitative estimate of drug-likeness (QED) is 0.107. The minimum Gasteiger partial charge on any atom is -0.420 e. The van der Waals surface area contributed by atoms with E-state index in [1.807, 2.05) is 13.8 Å². The van der Waals surface area contributed by atoms with Gasteiger partial charge < -0.3 is 24.4 Å². The number of carbonyl (C=O) groups is 3. The Bertz CT molecular complexity index is 1730. The SMILES string of the molecule is CCCCCCCCCCCCCCCCCC(=O)Oc1c2n(cc(C(=O)NCc3ccc(F)cc3F)c1=O)[C@@H]1CN(C2=O)[C@@H](C)CC[C@]12CC(C)=NO2. The summed E-state index contributed by atoms with van der Waals surface area (Å²) in [4.78, 5) is 62.8. The van der Waals surface area contributed by atoms with Crippen LogP contribution in [0.15, 0.2) is 34.3 Å². The summed E-state index contributed by atoms with van der Waals surface area (Å²) in [5.74, 6) is -4.10. The molecule has 10 nitrogen and oxygen atoms in total. The lowest BCUT2D eigenvalue weighted by Crippen LogP contribution is -2.52. The van der Waals surface area contributed by atoms with Crippen molar-refractivity contribution in [2.45, 2.75) is 167 Å². The number of carbonyl (C=O) groups excluding carboxylic acids is 3. The van der Waals surface area contributed by atoms with Crippen LogP contribution in [0.3, 0.4) is 0 Å². The summed E-state index contributed by atoms with van der Waals surface area (Å²) in [6.45, 7) is 5.96. The summed E-state index contributed by atoms with van der Waals surface area (Å²) in [6, 6.07) is 2.25. The zero-order valence-electron chi connectivity index (χ0n) is 32.4. The first kappa shape index (κ1) is 41.1. The maximum atomic E-state index is 14.4. The maximum Gasteiger partial charge on any atom is 0.311 e. The highest BCUT2D eigenvalue weighted by atomic mass is 19.1. The van der Waals surface area contributed by atoms with Crippen LogP contribution >= 0.6 is 0 Å². The van der Waals surface area contributed by atoms with Crippen LogP contribution in [0, 0.1) is 11.6 Å². The van der Waals surface area contributed by atoms with E-state index in [1.165, 1.54) is 82.9 Å². The third-order valence-electron chi connectivity index (χ3n) is 11.3. The molecule has 2 bridgehead atoms. The highest BCUT2D eigenvalue weighted by Crippen LogP contribution is 2.46. The van der Waals surface area contributed by atoms with Crippen LogP contribution in [-0.4, -0.2) is 51.2 Å². The Morgan fingerprint density at radius 2 is 1.59 bits per heavy atom. The molecule has 296 valence electrons. The first-order chi connectivity index (χ1) is 26.0. The standard InChI is InChI=1S/C42H58F2N4O6/c1-4-5-6-7-8-9-10-11-12-13-14-15-16-17-18-19-36(49)53-39-37-41(52)47-28-35(42(23-22-30(47)3)25-29(2)46-54-42)48(37)27-33(38(39)50)40(51)45-26-31-20-21-32(43)24-34(31)44/h20-21,24,27,30,35H,4-19,22-23,25-26,28H2,1-3H3,(H,45,51)/t30-,35+,42-/m0/s1. The number of ether oxygens (including phenoxy) is 1. The van der Waals surface area contributed by atoms with Gasteiger partial charge in [-0.3, -0.25) is 19.2 Å². The molecule has 1 aromatic heterocycles. The smallest absolute Gasteiger partial charge is 0.311 e. The summed E-state index contributed by atoms with van der Waals surface area (Å²) in [5.41, 5.74) is -1.45. The Morgan fingerprint density at radius 3 is 2.19 bits per heavy atom. The fourth-order valence-electron chi connectivity index (χ4n) is 8.11. The van der Waals surface area contributed by atoms with Crippen LogP contribution in [0.25, 0.3) is 0 Å². The molecule has 1 spiro atoms.